The lowest BCUT2D eigenvalue weighted by atomic mass is 10.0. The Bertz CT molecular complexity index is 881. The molecule has 0 saturated heterocycles. The van der Waals surface area contributed by atoms with Crippen molar-refractivity contribution >= 4 is 23.6 Å². The van der Waals surface area contributed by atoms with Gasteiger partial charge in [0.2, 0.25) is 0 Å². The van der Waals surface area contributed by atoms with Gasteiger partial charge >= 0.3 is 5.97 Å². The number of para-hydroxylation sites is 2. The third-order valence-corrected chi connectivity index (χ3v) is 3.47. The van der Waals surface area contributed by atoms with Crippen LogP contribution in [0.1, 0.15) is 22.8 Å². The van der Waals surface area contributed by atoms with Gasteiger partial charge in [-0.15, -0.1) is 0 Å². The number of nitrogens with one attached hydrogen (secondary N) is 1. The zero-order chi connectivity index (χ0) is 18.9. The molecule has 0 bridgehead atoms. The number of esters is 1. The van der Waals surface area contributed by atoms with Crippen molar-refractivity contribution in [3.8, 4) is 11.8 Å². The third kappa shape index (κ3) is 4.48. The van der Waals surface area contributed by atoms with Crippen molar-refractivity contribution in [1.29, 1.82) is 5.26 Å². The van der Waals surface area contributed by atoms with Gasteiger partial charge in [-0.25, -0.2) is 4.79 Å². The average molecular weight is 350 g/mol. The van der Waals surface area contributed by atoms with Gasteiger partial charge in [0.05, 0.1) is 25.0 Å². The number of nitrogens with zero attached hydrogens (tertiary/aromatic N) is 1. The van der Waals surface area contributed by atoms with Crippen LogP contribution in [0.15, 0.2) is 54.1 Å². The molecule has 0 fully saturated rings. The number of carbonyl (C=O) groups excluding carboxylic acids is 2. The Morgan fingerprint density at radius 1 is 1.15 bits per heavy atom. The summed E-state index contributed by atoms with van der Waals surface area (Å²) in [6.07, 6.45) is 1.35. The number of nitriles is 1. The molecule has 0 heterocycles. The summed E-state index contributed by atoms with van der Waals surface area (Å²) in [4.78, 5) is 24.3. The van der Waals surface area contributed by atoms with Crippen LogP contribution in [-0.4, -0.2) is 25.6 Å². The number of rotatable bonds is 6. The quantitative estimate of drug-likeness (QED) is 0.490. The number of anilines is 1. The molecule has 0 spiro atoms. The van der Waals surface area contributed by atoms with E-state index in [-0.39, 0.29) is 11.1 Å². The largest absolute Gasteiger partial charge is 0.492 e. The SMILES string of the molecule is CCOc1ccccc1NC(=O)/C(C#N)=C/c1ccccc1C(=O)OC. The van der Waals surface area contributed by atoms with Crippen LogP contribution in [0.3, 0.4) is 0 Å². The standard InChI is InChI=1S/C20H18N2O4/c1-3-26-18-11-7-6-10-17(18)22-19(23)15(13-21)12-14-8-4-5-9-16(14)20(24)25-2/h4-12H,3H2,1-2H3,(H,22,23)/b15-12+. The maximum Gasteiger partial charge on any atom is 0.338 e. The summed E-state index contributed by atoms with van der Waals surface area (Å²) in [6.45, 7) is 2.28. The van der Waals surface area contributed by atoms with Gasteiger partial charge < -0.3 is 14.8 Å². The van der Waals surface area contributed by atoms with Crippen molar-refractivity contribution in [2.75, 3.05) is 19.0 Å². The fraction of sp³-hybridized carbons (Fsp3) is 0.150. The predicted octanol–water partition coefficient (Wildman–Crippen LogP) is 3.42. The van der Waals surface area contributed by atoms with E-state index in [0.717, 1.165) is 0 Å². The number of hydrogen-bond donors (Lipinski definition) is 1. The first-order valence-electron chi connectivity index (χ1n) is 7.93. The molecule has 0 aromatic heterocycles. The summed E-state index contributed by atoms with van der Waals surface area (Å²) in [5, 5.41) is 12.0. The number of amides is 1. The second kappa shape index (κ2) is 9.04. The van der Waals surface area contributed by atoms with Crippen LogP contribution < -0.4 is 10.1 Å². The molecule has 0 aliphatic carbocycles. The van der Waals surface area contributed by atoms with E-state index in [1.165, 1.54) is 13.2 Å². The Morgan fingerprint density at radius 3 is 2.54 bits per heavy atom. The first-order chi connectivity index (χ1) is 12.6. The highest BCUT2D eigenvalue weighted by Crippen LogP contribution is 2.24. The minimum absolute atomic E-state index is 0.146. The van der Waals surface area contributed by atoms with E-state index in [1.807, 2.05) is 13.0 Å². The van der Waals surface area contributed by atoms with Crippen LogP contribution in [0.5, 0.6) is 5.75 Å². The topological polar surface area (TPSA) is 88.4 Å². The molecule has 132 valence electrons. The molecular formula is C20H18N2O4. The van der Waals surface area contributed by atoms with Crippen molar-refractivity contribution in [2.24, 2.45) is 0 Å². The normalized spacial score (nSPS) is 10.6. The van der Waals surface area contributed by atoms with Crippen molar-refractivity contribution in [3.05, 3.63) is 65.2 Å². The summed E-state index contributed by atoms with van der Waals surface area (Å²) in [5.41, 5.74) is 1.00. The zero-order valence-electron chi connectivity index (χ0n) is 14.5. The zero-order valence-corrected chi connectivity index (χ0v) is 14.5. The summed E-state index contributed by atoms with van der Waals surface area (Å²) >= 11 is 0. The molecule has 2 aromatic rings. The molecular weight excluding hydrogens is 332 g/mol. The lowest BCUT2D eigenvalue weighted by Gasteiger charge is -2.11. The molecule has 0 unspecified atom stereocenters. The van der Waals surface area contributed by atoms with Gasteiger partial charge in [0.1, 0.15) is 17.4 Å². The highest BCUT2D eigenvalue weighted by molar-refractivity contribution is 6.11. The molecule has 2 aromatic carbocycles. The maximum atomic E-state index is 12.5. The fourth-order valence-corrected chi connectivity index (χ4v) is 2.26. The van der Waals surface area contributed by atoms with Gasteiger partial charge in [-0.2, -0.15) is 5.26 Å². The smallest absolute Gasteiger partial charge is 0.338 e. The van der Waals surface area contributed by atoms with Crippen molar-refractivity contribution in [1.82, 2.24) is 0 Å². The molecule has 1 N–H and O–H groups in total. The number of ether oxygens (including phenoxy) is 2. The van der Waals surface area contributed by atoms with Gasteiger partial charge in [-0.1, -0.05) is 30.3 Å². The summed E-state index contributed by atoms with van der Waals surface area (Å²) in [7, 11) is 1.27. The fourth-order valence-electron chi connectivity index (χ4n) is 2.26. The molecule has 0 saturated carbocycles. The van der Waals surface area contributed by atoms with Crippen molar-refractivity contribution < 1.29 is 19.1 Å². The Hall–Kier alpha value is -3.59. The van der Waals surface area contributed by atoms with E-state index >= 15 is 0 Å². The molecule has 0 aliphatic rings. The number of carbonyl (C=O) groups is 2. The predicted molar refractivity (Wildman–Crippen MR) is 97.6 cm³/mol. The first-order valence-corrected chi connectivity index (χ1v) is 7.93. The lowest BCUT2D eigenvalue weighted by Crippen LogP contribution is -2.14. The second-order valence-electron chi connectivity index (χ2n) is 5.13. The van der Waals surface area contributed by atoms with E-state index in [4.69, 9.17) is 9.47 Å². The van der Waals surface area contributed by atoms with Crippen molar-refractivity contribution in [2.45, 2.75) is 6.92 Å². The molecule has 0 radical (unpaired) electrons. The maximum absolute atomic E-state index is 12.5. The first kappa shape index (κ1) is 18.7. The van der Waals surface area contributed by atoms with E-state index in [1.54, 1.807) is 48.5 Å². The van der Waals surface area contributed by atoms with E-state index in [9.17, 15) is 14.9 Å². The number of hydrogen-bond acceptors (Lipinski definition) is 5. The molecule has 6 nitrogen and oxygen atoms in total. The molecule has 2 rings (SSSR count). The Balaban J connectivity index is 2.32. The van der Waals surface area contributed by atoms with Gasteiger partial charge in [-0.3, -0.25) is 4.79 Å². The van der Waals surface area contributed by atoms with Crippen LogP contribution in [-0.2, 0) is 9.53 Å². The Kier molecular flexibility index (Phi) is 6.52. The summed E-state index contributed by atoms with van der Waals surface area (Å²) < 4.78 is 10.2. The van der Waals surface area contributed by atoms with Crippen LogP contribution in [0.2, 0.25) is 0 Å². The van der Waals surface area contributed by atoms with Crippen LogP contribution in [0, 0.1) is 11.3 Å². The molecule has 0 atom stereocenters. The van der Waals surface area contributed by atoms with Crippen LogP contribution >= 0.6 is 0 Å². The number of methoxy groups -OCH3 is 1. The highest BCUT2D eigenvalue weighted by atomic mass is 16.5. The van der Waals surface area contributed by atoms with Gasteiger partial charge in [-0.05, 0) is 36.8 Å². The lowest BCUT2D eigenvalue weighted by molar-refractivity contribution is -0.112. The van der Waals surface area contributed by atoms with Crippen molar-refractivity contribution in [3.63, 3.8) is 0 Å². The van der Waals surface area contributed by atoms with Crippen LogP contribution in [0.4, 0.5) is 5.69 Å². The summed E-state index contributed by atoms with van der Waals surface area (Å²) in [5.74, 6) is -0.633. The monoisotopic (exact) mass is 350 g/mol. The summed E-state index contributed by atoms with van der Waals surface area (Å²) in [6, 6.07) is 15.4. The van der Waals surface area contributed by atoms with E-state index in [0.29, 0.717) is 23.6 Å². The van der Waals surface area contributed by atoms with E-state index < -0.39 is 11.9 Å². The van der Waals surface area contributed by atoms with Crippen LogP contribution in [0.25, 0.3) is 6.08 Å². The third-order valence-electron chi connectivity index (χ3n) is 3.47. The molecule has 0 aliphatic heterocycles. The average Bonchev–Trinajstić information content (AvgIpc) is 2.67. The highest BCUT2D eigenvalue weighted by Gasteiger charge is 2.15. The van der Waals surface area contributed by atoms with E-state index in [2.05, 4.69) is 5.32 Å². The minimum atomic E-state index is -0.598. The van der Waals surface area contributed by atoms with Gasteiger partial charge in [0.15, 0.2) is 0 Å². The molecule has 1 amide bonds. The van der Waals surface area contributed by atoms with Gasteiger partial charge in [0, 0.05) is 0 Å². The molecule has 6 heteroatoms. The second-order valence-corrected chi connectivity index (χ2v) is 5.13. The molecule has 26 heavy (non-hydrogen) atoms. The Labute approximate surface area is 151 Å². The minimum Gasteiger partial charge on any atom is -0.492 e. The Morgan fingerprint density at radius 2 is 1.85 bits per heavy atom. The van der Waals surface area contributed by atoms with Gasteiger partial charge in [0.25, 0.3) is 5.91 Å². The number of benzene rings is 2.